The number of thioether (sulfide) groups is 1. The van der Waals surface area contributed by atoms with Crippen molar-refractivity contribution in [3.8, 4) is 0 Å². The Morgan fingerprint density at radius 3 is 2.61 bits per heavy atom. The van der Waals surface area contributed by atoms with Gasteiger partial charge in [0, 0.05) is 66.7 Å². The monoisotopic (exact) mass is 457 g/mol. The number of hydrogen-bond donors (Lipinski definition) is 1. The van der Waals surface area contributed by atoms with Crippen LogP contribution in [0.5, 0.6) is 0 Å². The minimum absolute atomic E-state index is 0.0179. The number of carbonyl (C=O) groups excluding carboxylic acids is 3. The molecule has 0 aliphatic carbocycles. The first-order valence-corrected chi connectivity index (χ1v) is 12.7. The first-order valence-electron chi connectivity index (χ1n) is 10.6. The van der Waals surface area contributed by atoms with Gasteiger partial charge in [0.25, 0.3) is 5.91 Å². The third-order valence-electron chi connectivity index (χ3n) is 5.77. The molecule has 164 valence electrons. The number of rotatable bonds is 5. The van der Waals surface area contributed by atoms with Gasteiger partial charge in [-0.15, -0.1) is 11.3 Å². The van der Waals surface area contributed by atoms with E-state index in [0.29, 0.717) is 17.8 Å². The number of amides is 3. The molecule has 3 heterocycles. The Balaban J connectivity index is 1.28. The van der Waals surface area contributed by atoms with Crippen molar-refractivity contribution in [3.05, 3.63) is 51.2 Å². The Morgan fingerprint density at radius 2 is 1.84 bits per heavy atom. The highest BCUT2D eigenvalue weighted by Crippen LogP contribution is 2.25. The molecule has 1 fully saturated rings. The molecule has 1 aromatic carbocycles. The Morgan fingerprint density at radius 1 is 1.03 bits per heavy atom. The molecular weight excluding hydrogens is 430 g/mol. The largest absolute Gasteiger partial charge is 0.338 e. The quantitative estimate of drug-likeness (QED) is 0.746. The average molecular weight is 458 g/mol. The summed E-state index contributed by atoms with van der Waals surface area (Å²) in [4.78, 5) is 42.7. The summed E-state index contributed by atoms with van der Waals surface area (Å²) in [5.74, 6) is 1.83. The summed E-state index contributed by atoms with van der Waals surface area (Å²) in [6.07, 6.45) is 1.25. The van der Waals surface area contributed by atoms with Gasteiger partial charge in [0.1, 0.15) is 0 Å². The van der Waals surface area contributed by atoms with E-state index in [1.165, 1.54) is 10.4 Å². The number of nitrogens with one attached hydrogen (secondary N) is 1. The van der Waals surface area contributed by atoms with Crippen LogP contribution < -0.4 is 5.32 Å². The molecule has 1 saturated heterocycles. The molecule has 1 N–H and O–H groups in total. The Kier molecular flexibility index (Phi) is 6.97. The van der Waals surface area contributed by atoms with E-state index >= 15 is 0 Å². The fourth-order valence-electron chi connectivity index (χ4n) is 3.94. The summed E-state index contributed by atoms with van der Waals surface area (Å²) in [5, 5.41) is 4.96. The molecule has 2 aromatic rings. The van der Waals surface area contributed by atoms with Crippen LogP contribution in [0.25, 0.3) is 0 Å². The number of hydrogen-bond acceptors (Lipinski definition) is 5. The SMILES string of the molecule is Cc1cc(C(=O)N2CCSCC2)ccc1NC(=O)CCC(=O)N1CCc2sccc2C1. The van der Waals surface area contributed by atoms with E-state index in [0.717, 1.165) is 43.1 Å². The van der Waals surface area contributed by atoms with Crippen molar-refractivity contribution in [2.75, 3.05) is 36.5 Å². The number of benzene rings is 1. The fraction of sp³-hybridized carbons (Fsp3) is 0.435. The number of aryl methyl sites for hydroxylation is 1. The molecule has 4 rings (SSSR count). The standard InChI is InChI=1S/C23H27N3O3S2/c1-16-14-17(23(29)25-9-12-30-13-10-25)2-3-19(16)24-21(27)4-5-22(28)26-8-6-20-18(15-26)7-11-31-20/h2-3,7,11,14H,4-6,8-10,12-13,15H2,1H3,(H,24,27). The van der Waals surface area contributed by atoms with Crippen molar-refractivity contribution in [3.63, 3.8) is 0 Å². The van der Waals surface area contributed by atoms with Gasteiger partial charge >= 0.3 is 0 Å². The molecule has 0 radical (unpaired) electrons. The van der Waals surface area contributed by atoms with E-state index in [1.807, 2.05) is 34.6 Å². The van der Waals surface area contributed by atoms with E-state index in [4.69, 9.17) is 0 Å². The van der Waals surface area contributed by atoms with E-state index in [9.17, 15) is 14.4 Å². The molecule has 0 saturated carbocycles. The zero-order chi connectivity index (χ0) is 21.8. The van der Waals surface area contributed by atoms with Gasteiger partial charge in [-0.05, 0) is 54.1 Å². The zero-order valence-corrected chi connectivity index (χ0v) is 19.3. The van der Waals surface area contributed by atoms with E-state index in [1.54, 1.807) is 23.5 Å². The number of fused-ring (bicyclic) bond motifs is 1. The van der Waals surface area contributed by atoms with Crippen LogP contribution in [-0.4, -0.2) is 58.7 Å². The molecule has 0 atom stereocenters. The lowest BCUT2D eigenvalue weighted by atomic mass is 10.1. The second-order valence-electron chi connectivity index (χ2n) is 7.92. The third-order valence-corrected chi connectivity index (χ3v) is 7.74. The minimum Gasteiger partial charge on any atom is -0.338 e. The van der Waals surface area contributed by atoms with Crippen LogP contribution in [0, 0.1) is 6.92 Å². The number of carbonyl (C=O) groups is 3. The van der Waals surface area contributed by atoms with Crippen molar-refractivity contribution in [2.24, 2.45) is 0 Å². The van der Waals surface area contributed by atoms with Crippen LogP contribution in [0.4, 0.5) is 5.69 Å². The minimum atomic E-state index is -0.184. The molecule has 8 heteroatoms. The topological polar surface area (TPSA) is 69.7 Å². The molecule has 31 heavy (non-hydrogen) atoms. The van der Waals surface area contributed by atoms with Crippen LogP contribution in [0.3, 0.4) is 0 Å². The third kappa shape index (κ3) is 5.30. The lowest BCUT2D eigenvalue weighted by molar-refractivity contribution is -0.133. The van der Waals surface area contributed by atoms with Crippen LogP contribution in [0.2, 0.25) is 0 Å². The summed E-state index contributed by atoms with van der Waals surface area (Å²) in [6, 6.07) is 7.46. The number of anilines is 1. The van der Waals surface area contributed by atoms with Gasteiger partial charge in [0.05, 0.1) is 0 Å². The molecule has 0 unspecified atom stereocenters. The normalized spacial score (nSPS) is 16.0. The van der Waals surface area contributed by atoms with E-state index in [-0.39, 0.29) is 30.6 Å². The van der Waals surface area contributed by atoms with Gasteiger partial charge in [-0.1, -0.05) is 0 Å². The molecule has 1 aromatic heterocycles. The Bertz CT molecular complexity index is 982. The lowest BCUT2D eigenvalue weighted by Gasteiger charge is -2.27. The molecule has 2 aliphatic heterocycles. The maximum atomic E-state index is 12.7. The van der Waals surface area contributed by atoms with E-state index in [2.05, 4.69) is 16.8 Å². The van der Waals surface area contributed by atoms with Crippen molar-refractivity contribution in [2.45, 2.75) is 32.7 Å². The van der Waals surface area contributed by atoms with Gasteiger partial charge in [0.15, 0.2) is 0 Å². The predicted octanol–water partition coefficient (Wildman–Crippen LogP) is 3.55. The van der Waals surface area contributed by atoms with Crippen molar-refractivity contribution in [1.82, 2.24) is 9.80 Å². The predicted molar refractivity (Wildman–Crippen MR) is 126 cm³/mol. The van der Waals surface area contributed by atoms with Crippen molar-refractivity contribution < 1.29 is 14.4 Å². The van der Waals surface area contributed by atoms with Crippen molar-refractivity contribution in [1.29, 1.82) is 0 Å². The second-order valence-corrected chi connectivity index (χ2v) is 10.1. The molecule has 6 nitrogen and oxygen atoms in total. The molecule has 0 spiro atoms. The Hall–Kier alpha value is -2.32. The molecular formula is C23H27N3O3S2. The highest BCUT2D eigenvalue weighted by molar-refractivity contribution is 7.99. The smallest absolute Gasteiger partial charge is 0.253 e. The first-order chi connectivity index (χ1) is 15.0. The zero-order valence-electron chi connectivity index (χ0n) is 17.7. The highest BCUT2D eigenvalue weighted by atomic mass is 32.2. The van der Waals surface area contributed by atoms with Crippen LogP contribution in [0.1, 0.15) is 39.2 Å². The van der Waals surface area contributed by atoms with Gasteiger partial charge < -0.3 is 15.1 Å². The summed E-state index contributed by atoms with van der Waals surface area (Å²) >= 11 is 3.61. The summed E-state index contributed by atoms with van der Waals surface area (Å²) in [7, 11) is 0. The van der Waals surface area contributed by atoms with Crippen LogP contribution in [-0.2, 0) is 22.6 Å². The molecule has 2 aliphatic rings. The van der Waals surface area contributed by atoms with Gasteiger partial charge in [-0.2, -0.15) is 11.8 Å². The van der Waals surface area contributed by atoms with E-state index < -0.39 is 0 Å². The van der Waals surface area contributed by atoms with Crippen molar-refractivity contribution >= 4 is 46.5 Å². The molecule has 3 amide bonds. The molecule has 0 bridgehead atoms. The van der Waals surface area contributed by atoms with Gasteiger partial charge in [0.2, 0.25) is 11.8 Å². The fourth-order valence-corrected chi connectivity index (χ4v) is 5.73. The first kappa shape index (κ1) is 21.9. The van der Waals surface area contributed by atoms with Crippen LogP contribution >= 0.6 is 23.1 Å². The number of nitrogens with zero attached hydrogens (tertiary/aromatic N) is 2. The average Bonchev–Trinajstić information content (AvgIpc) is 3.27. The Labute approximate surface area is 191 Å². The maximum absolute atomic E-state index is 12.7. The second kappa shape index (κ2) is 9.87. The van der Waals surface area contributed by atoms with Gasteiger partial charge in [-0.25, -0.2) is 0 Å². The van der Waals surface area contributed by atoms with Crippen LogP contribution in [0.15, 0.2) is 29.6 Å². The number of thiophene rings is 1. The lowest BCUT2D eigenvalue weighted by Crippen LogP contribution is -2.37. The highest BCUT2D eigenvalue weighted by Gasteiger charge is 2.22. The summed E-state index contributed by atoms with van der Waals surface area (Å²) < 4.78 is 0. The van der Waals surface area contributed by atoms with Gasteiger partial charge in [-0.3, -0.25) is 14.4 Å². The maximum Gasteiger partial charge on any atom is 0.253 e. The summed E-state index contributed by atoms with van der Waals surface area (Å²) in [5.41, 5.74) is 3.40. The summed E-state index contributed by atoms with van der Waals surface area (Å²) in [6.45, 7) is 4.80.